The van der Waals surface area contributed by atoms with E-state index in [4.69, 9.17) is 20.4 Å². The Kier molecular flexibility index (Phi) is 2.05. The largest absolute Gasteiger partial charge is 0.479 e. The fraction of sp³-hybridized carbons (Fsp3) is 0.800. The van der Waals surface area contributed by atoms with Gasteiger partial charge in [-0.1, -0.05) is 0 Å². The Morgan fingerprint density at radius 1 is 1.20 bits per heavy atom. The normalized spacial score (nSPS) is 18.1. The van der Waals surface area contributed by atoms with Crippen LogP contribution < -0.4 is 0 Å². The lowest BCUT2D eigenvalue weighted by atomic mass is 9.97. The molecule has 0 aromatic carbocycles. The Labute approximate surface area is 57.5 Å². The van der Waals surface area contributed by atoms with Crippen LogP contribution in [0.15, 0.2) is 0 Å². The van der Waals surface area contributed by atoms with Crippen molar-refractivity contribution in [2.75, 3.05) is 0 Å². The third-order valence-corrected chi connectivity index (χ3v) is 1.34. The molecule has 0 fully saturated rings. The average molecular weight is 150 g/mol. The third kappa shape index (κ3) is 1.44. The number of aliphatic hydroxyl groups is 3. The topological polar surface area (TPSA) is 98.0 Å². The highest BCUT2D eigenvalue weighted by Crippen LogP contribution is 2.18. The second-order valence-electron chi connectivity index (χ2n) is 2.40. The van der Waals surface area contributed by atoms with Crippen molar-refractivity contribution in [1.29, 1.82) is 0 Å². The monoisotopic (exact) mass is 150 g/mol. The van der Waals surface area contributed by atoms with Gasteiger partial charge >= 0.3 is 5.97 Å². The molecule has 0 saturated heterocycles. The minimum absolute atomic E-state index is 0.793. The van der Waals surface area contributed by atoms with Crippen LogP contribution in [0.3, 0.4) is 0 Å². The molecule has 10 heavy (non-hydrogen) atoms. The molecule has 0 aromatic heterocycles. The molecule has 60 valence electrons. The van der Waals surface area contributed by atoms with Gasteiger partial charge in [-0.3, -0.25) is 0 Å². The van der Waals surface area contributed by atoms with Gasteiger partial charge in [-0.25, -0.2) is 4.79 Å². The highest BCUT2D eigenvalue weighted by molar-refractivity contribution is 5.77. The summed E-state index contributed by atoms with van der Waals surface area (Å²) in [6.07, 6.45) is 0. The number of carboxylic acid groups (broad SMARTS) is 1. The van der Waals surface area contributed by atoms with Gasteiger partial charge in [0, 0.05) is 0 Å². The summed E-state index contributed by atoms with van der Waals surface area (Å²) in [4.78, 5) is 10.1. The van der Waals surface area contributed by atoms with Crippen LogP contribution in [0, 0.1) is 0 Å². The molecule has 0 bridgehead atoms. The first-order valence-corrected chi connectivity index (χ1v) is 2.60. The van der Waals surface area contributed by atoms with Crippen LogP contribution in [0.2, 0.25) is 0 Å². The van der Waals surface area contributed by atoms with Crippen LogP contribution in [0.5, 0.6) is 0 Å². The lowest BCUT2D eigenvalue weighted by Gasteiger charge is -2.29. The maximum Gasteiger partial charge on any atom is 0.341 e. The van der Waals surface area contributed by atoms with Crippen LogP contribution >= 0.6 is 0 Å². The molecule has 0 spiro atoms. The molecule has 0 amide bonds. The highest BCUT2D eigenvalue weighted by atomic mass is 16.5. The van der Waals surface area contributed by atoms with E-state index in [1.165, 1.54) is 0 Å². The van der Waals surface area contributed by atoms with E-state index in [0.29, 0.717) is 0 Å². The molecular formula is C5H10O5. The van der Waals surface area contributed by atoms with Crippen molar-refractivity contribution in [2.45, 2.75) is 25.2 Å². The van der Waals surface area contributed by atoms with E-state index in [1.807, 2.05) is 0 Å². The zero-order valence-electron chi connectivity index (χ0n) is 5.70. The first-order chi connectivity index (χ1) is 4.19. The molecule has 0 radical (unpaired) electrons. The van der Waals surface area contributed by atoms with Gasteiger partial charge in [-0.05, 0) is 13.8 Å². The van der Waals surface area contributed by atoms with Crippen molar-refractivity contribution in [2.24, 2.45) is 0 Å². The zero-order chi connectivity index (χ0) is 8.58. The van der Waals surface area contributed by atoms with Crippen molar-refractivity contribution in [3.63, 3.8) is 0 Å². The summed E-state index contributed by atoms with van der Waals surface area (Å²) in [5, 5.41) is 34.3. The minimum Gasteiger partial charge on any atom is -0.479 e. The van der Waals surface area contributed by atoms with E-state index >= 15 is 0 Å². The molecule has 0 saturated carbocycles. The summed E-state index contributed by atoms with van der Waals surface area (Å²) in [5.74, 6) is -4.31. The van der Waals surface area contributed by atoms with Crippen LogP contribution in [0.1, 0.15) is 13.8 Å². The van der Waals surface area contributed by atoms with E-state index in [0.717, 1.165) is 13.8 Å². The van der Waals surface area contributed by atoms with Crippen molar-refractivity contribution < 1.29 is 25.2 Å². The van der Waals surface area contributed by atoms with Gasteiger partial charge < -0.3 is 20.4 Å². The fourth-order valence-electron chi connectivity index (χ4n) is 0.203. The lowest BCUT2D eigenvalue weighted by Crippen LogP contribution is -2.55. The second-order valence-corrected chi connectivity index (χ2v) is 2.40. The SMILES string of the molecule is CC(O)(O)C(C)(O)C(=O)O. The smallest absolute Gasteiger partial charge is 0.341 e. The Hall–Kier alpha value is -0.650. The molecule has 0 aliphatic heterocycles. The second kappa shape index (κ2) is 2.19. The maximum atomic E-state index is 10.1. The van der Waals surface area contributed by atoms with Gasteiger partial charge in [0.1, 0.15) is 0 Å². The van der Waals surface area contributed by atoms with Gasteiger partial charge in [0.2, 0.25) is 5.60 Å². The summed E-state index contributed by atoms with van der Waals surface area (Å²) in [7, 11) is 0. The molecule has 0 aliphatic rings. The summed E-state index contributed by atoms with van der Waals surface area (Å²) in [5.41, 5.74) is -2.53. The Morgan fingerprint density at radius 3 is 1.50 bits per heavy atom. The van der Waals surface area contributed by atoms with E-state index in [9.17, 15) is 4.79 Å². The van der Waals surface area contributed by atoms with E-state index in [2.05, 4.69) is 0 Å². The molecule has 0 heterocycles. The Balaban J connectivity index is 4.57. The van der Waals surface area contributed by atoms with Crippen molar-refractivity contribution in [3.8, 4) is 0 Å². The van der Waals surface area contributed by atoms with Crippen molar-refractivity contribution >= 4 is 5.97 Å². The molecule has 0 aromatic rings. The number of rotatable bonds is 2. The van der Waals surface area contributed by atoms with Gasteiger partial charge in [-0.2, -0.15) is 0 Å². The molecular weight excluding hydrogens is 140 g/mol. The summed E-state index contributed by atoms with van der Waals surface area (Å²) in [6.45, 7) is 1.59. The Morgan fingerprint density at radius 2 is 1.50 bits per heavy atom. The van der Waals surface area contributed by atoms with Gasteiger partial charge in [0.15, 0.2) is 5.79 Å². The zero-order valence-corrected chi connectivity index (χ0v) is 5.70. The molecule has 0 aliphatic carbocycles. The standard InChI is InChI=1S/C5H10O5/c1-4(8,3(6)7)5(2,9)10/h8-10H,1-2H3,(H,6,7). The lowest BCUT2D eigenvalue weighted by molar-refractivity contribution is -0.256. The molecule has 5 nitrogen and oxygen atoms in total. The van der Waals surface area contributed by atoms with Gasteiger partial charge in [-0.15, -0.1) is 0 Å². The quantitative estimate of drug-likeness (QED) is 0.360. The predicted octanol–water partition coefficient (Wildman–Crippen LogP) is -1.48. The first kappa shape index (κ1) is 9.35. The van der Waals surface area contributed by atoms with Crippen LogP contribution in [-0.4, -0.2) is 37.8 Å². The van der Waals surface area contributed by atoms with Gasteiger partial charge in [0.25, 0.3) is 0 Å². The summed E-state index contributed by atoms with van der Waals surface area (Å²) < 4.78 is 0. The van der Waals surface area contributed by atoms with Crippen molar-refractivity contribution in [3.05, 3.63) is 0 Å². The predicted molar refractivity (Wildman–Crippen MR) is 31.1 cm³/mol. The number of carbonyl (C=O) groups is 1. The average Bonchev–Trinajstić information content (AvgIpc) is 1.62. The Bertz CT molecular complexity index is 143. The molecule has 5 heteroatoms. The number of hydrogen-bond acceptors (Lipinski definition) is 4. The number of aliphatic carboxylic acids is 1. The van der Waals surface area contributed by atoms with E-state index < -0.39 is 17.4 Å². The van der Waals surface area contributed by atoms with Crippen LogP contribution in [0.25, 0.3) is 0 Å². The third-order valence-electron chi connectivity index (χ3n) is 1.34. The fourth-order valence-corrected chi connectivity index (χ4v) is 0.203. The minimum atomic E-state index is -2.63. The van der Waals surface area contributed by atoms with E-state index in [-0.39, 0.29) is 0 Å². The molecule has 0 rings (SSSR count). The summed E-state index contributed by atoms with van der Waals surface area (Å²) in [6, 6.07) is 0. The van der Waals surface area contributed by atoms with Crippen LogP contribution in [0.4, 0.5) is 0 Å². The van der Waals surface area contributed by atoms with Crippen LogP contribution in [-0.2, 0) is 4.79 Å². The van der Waals surface area contributed by atoms with E-state index in [1.54, 1.807) is 0 Å². The maximum absolute atomic E-state index is 10.1. The highest BCUT2D eigenvalue weighted by Gasteiger charge is 2.47. The van der Waals surface area contributed by atoms with Gasteiger partial charge in [0.05, 0.1) is 0 Å². The molecule has 1 atom stereocenters. The number of carboxylic acids is 1. The number of hydrogen-bond donors (Lipinski definition) is 4. The first-order valence-electron chi connectivity index (χ1n) is 2.60. The molecule has 4 N–H and O–H groups in total. The summed E-state index contributed by atoms with van der Waals surface area (Å²) >= 11 is 0. The van der Waals surface area contributed by atoms with Crippen molar-refractivity contribution in [1.82, 2.24) is 0 Å². The molecule has 1 unspecified atom stereocenters.